The summed E-state index contributed by atoms with van der Waals surface area (Å²) < 4.78 is 0.781. The first-order valence-electron chi connectivity index (χ1n) is 5.61. The Bertz CT molecular complexity index is 419. The molecule has 0 aliphatic carbocycles. The van der Waals surface area contributed by atoms with Crippen LogP contribution in [-0.4, -0.2) is 23.5 Å². The van der Waals surface area contributed by atoms with Crippen molar-refractivity contribution in [3.05, 3.63) is 28.2 Å². The minimum absolute atomic E-state index is 0.0586. The maximum atomic E-state index is 12.0. The number of hydrogen-bond donors (Lipinski definition) is 2. The molecular formula is C12H15BrN2OS. The Kier molecular flexibility index (Phi) is 4.34. The van der Waals surface area contributed by atoms with Crippen molar-refractivity contribution in [2.24, 2.45) is 0 Å². The Morgan fingerprint density at radius 2 is 2.41 bits per heavy atom. The van der Waals surface area contributed by atoms with E-state index in [1.54, 1.807) is 18.2 Å². The first-order chi connectivity index (χ1) is 8.16. The van der Waals surface area contributed by atoms with Crippen molar-refractivity contribution in [1.29, 1.82) is 0 Å². The average Bonchev–Trinajstić information content (AvgIpc) is 2.82. The highest BCUT2D eigenvalue weighted by molar-refractivity contribution is 9.10. The van der Waals surface area contributed by atoms with E-state index in [4.69, 9.17) is 5.73 Å². The third-order valence-corrected chi connectivity index (χ3v) is 4.84. The number of thioether (sulfide) groups is 1. The molecule has 1 atom stereocenters. The molecule has 3 nitrogen and oxygen atoms in total. The summed E-state index contributed by atoms with van der Waals surface area (Å²) in [6.07, 6.45) is 2.45. The minimum atomic E-state index is -0.0586. The van der Waals surface area contributed by atoms with Gasteiger partial charge in [-0.1, -0.05) is 0 Å². The van der Waals surface area contributed by atoms with E-state index in [2.05, 4.69) is 21.2 Å². The maximum absolute atomic E-state index is 12.0. The molecule has 0 spiro atoms. The summed E-state index contributed by atoms with van der Waals surface area (Å²) in [5.74, 6) is 1.15. The Morgan fingerprint density at radius 3 is 3.12 bits per heavy atom. The molecule has 1 aliphatic rings. The van der Waals surface area contributed by atoms with Crippen molar-refractivity contribution in [1.82, 2.24) is 5.32 Å². The zero-order chi connectivity index (χ0) is 12.3. The summed E-state index contributed by atoms with van der Waals surface area (Å²) in [5, 5.41) is 3.53. The van der Waals surface area contributed by atoms with Crippen molar-refractivity contribution in [2.75, 3.05) is 18.0 Å². The molecule has 1 amide bonds. The second-order valence-electron chi connectivity index (χ2n) is 4.08. The van der Waals surface area contributed by atoms with E-state index < -0.39 is 0 Å². The molecule has 1 saturated heterocycles. The smallest absolute Gasteiger partial charge is 0.252 e. The van der Waals surface area contributed by atoms with Crippen molar-refractivity contribution in [2.45, 2.75) is 18.1 Å². The molecule has 2 rings (SSSR count). The van der Waals surface area contributed by atoms with E-state index in [1.807, 2.05) is 11.8 Å². The number of nitrogens with one attached hydrogen (secondary N) is 1. The van der Waals surface area contributed by atoms with Crippen LogP contribution in [0.3, 0.4) is 0 Å². The quantitative estimate of drug-likeness (QED) is 0.843. The Balaban J connectivity index is 1.96. The molecule has 92 valence electrons. The van der Waals surface area contributed by atoms with Gasteiger partial charge in [0.1, 0.15) is 0 Å². The zero-order valence-corrected chi connectivity index (χ0v) is 11.8. The lowest BCUT2D eigenvalue weighted by Gasteiger charge is -2.11. The van der Waals surface area contributed by atoms with E-state index in [0.29, 0.717) is 16.5 Å². The number of nitrogens with two attached hydrogens (primary N) is 1. The Morgan fingerprint density at radius 1 is 1.59 bits per heavy atom. The normalized spacial score (nSPS) is 19.2. The molecule has 1 fully saturated rings. The molecule has 1 aromatic carbocycles. The van der Waals surface area contributed by atoms with E-state index in [1.165, 1.54) is 18.6 Å². The van der Waals surface area contributed by atoms with Crippen molar-refractivity contribution in [3.63, 3.8) is 0 Å². The van der Waals surface area contributed by atoms with Crippen molar-refractivity contribution < 1.29 is 4.79 Å². The van der Waals surface area contributed by atoms with Gasteiger partial charge < -0.3 is 11.1 Å². The molecular weight excluding hydrogens is 300 g/mol. The number of carbonyl (C=O) groups is 1. The van der Waals surface area contributed by atoms with Gasteiger partial charge in [-0.2, -0.15) is 11.8 Å². The summed E-state index contributed by atoms with van der Waals surface area (Å²) in [4.78, 5) is 12.0. The summed E-state index contributed by atoms with van der Waals surface area (Å²) in [5.41, 5.74) is 6.89. The standard InChI is InChI=1S/C12H15BrN2OS/c13-11-4-3-8(14)6-10(11)12(16)15-7-9-2-1-5-17-9/h3-4,6,9H,1-2,5,7,14H2,(H,15,16). The van der Waals surface area contributed by atoms with Crippen LogP contribution in [-0.2, 0) is 0 Å². The second kappa shape index (κ2) is 5.78. The predicted molar refractivity (Wildman–Crippen MR) is 76.4 cm³/mol. The maximum Gasteiger partial charge on any atom is 0.252 e. The first-order valence-corrected chi connectivity index (χ1v) is 7.46. The molecule has 1 aromatic rings. The molecule has 0 bridgehead atoms. The largest absolute Gasteiger partial charge is 0.399 e. The number of halogens is 1. The van der Waals surface area contributed by atoms with Crippen molar-refractivity contribution in [3.8, 4) is 0 Å². The number of benzene rings is 1. The van der Waals surface area contributed by atoms with E-state index >= 15 is 0 Å². The van der Waals surface area contributed by atoms with Gasteiger partial charge in [-0.3, -0.25) is 4.79 Å². The number of rotatable bonds is 3. The Labute approximate surface area is 114 Å². The zero-order valence-electron chi connectivity index (χ0n) is 9.41. The predicted octanol–water partition coefficient (Wildman–Crippen LogP) is 2.66. The summed E-state index contributed by atoms with van der Waals surface area (Å²) in [6, 6.07) is 5.27. The third kappa shape index (κ3) is 3.39. The monoisotopic (exact) mass is 314 g/mol. The molecule has 5 heteroatoms. The van der Waals surface area contributed by atoms with E-state index in [-0.39, 0.29) is 5.91 Å². The second-order valence-corrected chi connectivity index (χ2v) is 6.35. The van der Waals surface area contributed by atoms with Gasteiger partial charge in [-0.05, 0) is 52.7 Å². The van der Waals surface area contributed by atoms with Gasteiger partial charge in [-0.15, -0.1) is 0 Å². The lowest BCUT2D eigenvalue weighted by Crippen LogP contribution is -2.30. The number of anilines is 1. The molecule has 3 N–H and O–H groups in total. The van der Waals surface area contributed by atoms with Gasteiger partial charge >= 0.3 is 0 Å². The topological polar surface area (TPSA) is 55.1 Å². The van der Waals surface area contributed by atoms with Crippen LogP contribution in [0.1, 0.15) is 23.2 Å². The fourth-order valence-electron chi connectivity index (χ4n) is 1.82. The van der Waals surface area contributed by atoms with Crippen molar-refractivity contribution >= 4 is 39.3 Å². The first kappa shape index (κ1) is 12.8. The van der Waals surface area contributed by atoms with Crippen LogP contribution in [0.15, 0.2) is 22.7 Å². The van der Waals surface area contributed by atoms with Crippen LogP contribution < -0.4 is 11.1 Å². The van der Waals surface area contributed by atoms with Gasteiger partial charge in [0, 0.05) is 22.0 Å². The number of amides is 1. The SMILES string of the molecule is Nc1ccc(Br)c(C(=O)NCC2CCCS2)c1. The van der Waals surface area contributed by atoms with Crippen LogP contribution in [0.25, 0.3) is 0 Å². The van der Waals surface area contributed by atoms with E-state index in [9.17, 15) is 4.79 Å². The molecule has 1 aliphatic heterocycles. The summed E-state index contributed by atoms with van der Waals surface area (Å²) in [7, 11) is 0. The molecule has 0 saturated carbocycles. The van der Waals surface area contributed by atoms with Crippen LogP contribution in [0, 0.1) is 0 Å². The van der Waals surface area contributed by atoms with Crippen LogP contribution in [0.4, 0.5) is 5.69 Å². The van der Waals surface area contributed by atoms with Gasteiger partial charge in [0.2, 0.25) is 0 Å². The highest BCUT2D eigenvalue weighted by Crippen LogP contribution is 2.25. The van der Waals surface area contributed by atoms with Crippen LogP contribution in [0.2, 0.25) is 0 Å². The molecule has 0 radical (unpaired) electrons. The highest BCUT2D eigenvalue weighted by Gasteiger charge is 2.17. The van der Waals surface area contributed by atoms with Gasteiger partial charge in [0.15, 0.2) is 0 Å². The Hall–Kier alpha value is -0.680. The molecule has 0 aromatic heterocycles. The van der Waals surface area contributed by atoms with Crippen LogP contribution >= 0.6 is 27.7 Å². The van der Waals surface area contributed by atoms with E-state index in [0.717, 1.165) is 11.0 Å². The summed E-state index contributed by atoms with van der Waals surface area (Å²) in [6.45, 7) is 0.741. The fourth-order valence-corrected chi connectivity index (χ4v) is 3.45. The number of carbonyl (C=O) groups excluding carboxylic acids is 1. The van der Waals surface area contributed by atoms with Gasteiger partial charge in [-0.25, -0.2) is 0 Å². The lowest BCUT2D eigenvalue weighted by molar-refractivity contribution is 0.0953. The van der Waals surface area contributed by atoms with Gasteiger partial charge in [0.05, 0.1) is 5.56 Å². The number of nitrogen functional groups attached to an aromatic ring is 1. The molecule has 1 heterocycles. The number of hydrogen-bond acceptors (Lipinski definition) is 3. The highest BCUT2D eigenvalue weighted by atomic mass is 79.9. The third-order valence-electron chi connectivity index (χ3n) is 2.75. The van der Waals surface area contributed by atoms with Gasteiger partial charge in [0.25, 0.3) is 5.91 Å². The summed E-state index contributed by atoms with van der Waals surface area (Å²) >= 11 is 5.30. The molecule has 1 unspecified atom stereocenters. The average molecular weight is 315 g/mol. The fraction of sp³-hybridized carbons (Fsp3) is 0.417. The minimum Gasteiger partial charge on any atom is -0.399 e. The van der Waals surface area contributed by atoms with Crippen LogP contribution in [0.5, 0.6) is 0 Å². The lowest BCUT2D eigenvalue weighted by atomic mass is 10.2. The molecule has 17 heavy (non-hydrogen) atoms.